The third-order valence-corrected chi connectivity index (χ3v) is 3.33. The molecule has 0 saturated heterocycles. The van der Waals surface area contributed by atoms with Gasteiger partial charge in [-0.2, -0.15) is 11.8 Å². The van der Waals surface area contributed by atoms with Gasteiger partial charge in [0.2, 0.25) is 5.91 Å². The summed E-state index contributed by atoms with van der Waals surface area (Å²) in [6, 6.07) is 9.16. The molecule has 4 N–H and O–H groups in total. The molecule has 0 aliphatic rings. The molecular weight excluding hydrogens is 300 g/mol. The molecule has 0 unspecified atom stereocenters. The zero-order valence-corrected chi connectivity index (χ0v) is 12.8. The minimum atomic E-state index is -1.75. The molecule has 1 aromatic carbocycles. The van der Waals surface area contributed by atoms with E-state index in [1.54, 1.807) is 0 Å². The quantitative estimate of drug-likeness (QED) is 0.579. The second kappa shape index (κ2) is 8.84. The first-order valence-electron chi connectivity index (χ1n) is 5.79. The van der Waals surface area contributed by atoms with Gasteiger partial charge < -0.3 is 16.2 Å². The summed E-state index contributed by atoms with van der Waals surface area (Å²) in [5.74, 6) is -1.09. The van der Waals surface area contributed by atoms with Gasteiger partial charge >= 0.3 is 5.97 Å². The van der Waals surface area contributed by atoms with Gasteiger partial charge in [-0.25, -0.2) is 4.79 Å². The van der Waals surface area contributed by atoms with Gasteiger partial charge in [0.05, 0.1) is 0 Å². The summed E-state index contributed by atoms with van der Waals surface area (Å²) >= 11 is 1.48. The molecule has 20 heavy (non-hydrogen) atoms. The fraction of sp³-hybridized carbons (Fsp3) is 0.385. The Kier molecular flexibility index (Phi) is 8.29. The molecular formula is C13H19ClN2O3S. The van der Waals surface area contributed by atoms with E-state index >= 15 is 0 Å². The SMILES string of the molecule is CSCC[C@@](N)(C(N)=O)C(=O)OCc1ccccc1.Cl. The number of carbonyl (C=O) groups is 2. The molecule has 7 heteroatoms. The Morgan fingerprint density at radius 2 is 1.90 bits per heavy atom. The van der Waals surface area contributed by atoms with Gasteiger partial charge in [-0.05, 0) is 24.0 Å². The highest BCUT2D eigenvalue weighted by molar-refractivity contribution is 7.98. The van der Waals surface area contributed by atoms with Gasteiger partial charge in [0, 0.05) is 0 Å². The molecule has 0 spiro atoms. The first kappa shape index (κ1) is 18.8. The second-order valence-electron chi connectivity index (χ2n) is 4.14. The Balaban J connectivity index is 0.00000361. The van der Waals surface area contributed by atoms with Crippen LogP contribution in [0.25, 0.3) is 0 Å². The molecule has 0 aliphatic carbocycles. The molecule has 0 saturated carbocycles. The van der Waals surface area contributed by atoms with Crippen molar-refractivity contribution >= 4 is 36.0 Å². The largest absolute Gasteiger partial charge is 0.459 e. The average Bonchev–Trinajstić information content (AvgIpc) is 2.42. The molecule has 0 heterocycles. The predicted octanol–water partition coefficient (Wildman–Crippen LogP) is 1.09. The zero-order chi connectivity index (χ0) is 14.3. The maximum Gasteiger partial charge on any atom is 0.336 e. The van der Waals surface area contributed by atoms with Crippen molar-refractivity contribution in [3.05, 3.63) is 35.9 Å². The number of rotatable bonds is 7. The maximum atomic E-state index is 11.9. The first-order chi connectivity index (χ1) is 9.00. The van der Waals surface area contributed by atoms with Crippen LogP contribution in [-0.4, -0.2) is 29.4 Å². The molecule has 1 amide bonds. The van der Waals surface area contributed by atoms with E-state index in [0.717, 1.165) is 5.56 Å². The van der Waals surface area contributed by atoms with Gasteiger partial charge in [0.15, 0.2) is 5.54 Å². The highest BCUT2D eigenvalue weighted by Gasteiger charge is 2.41. The van der Waals surface area contributed by atoms with E-state index in [4.69, 9.17) is 16.2 Å². The number of primary amides is 1. The number of amides is 1. The van der Waals surface area contributed by atoms with Crippen LogP contribution in [0.5, 0.6) is 0 Å². The van der Waals surface area contributed by atoms with Crippen molar-refractivity contribution in [2.45, 2.75) is 18.6 Å². The Hall–Kier alpha value is -1.24. The van der Waals surface area contributed by atoms with Crippen molar-refractivity contribution < 1.29 is 14.3 Å². The Bertz CT molecular complexity index is 445. The Morgan fingerprint density at radius 3 is 2.40 bits per heavy atom. The second-order valence-corrected chi connectivity index (χ2v) is 5.13. The van der Waals surface area contributed by atoms with Gasteiger partial charge in [0.1, 0.15) is 6.61 Å². The van der Waals surface area contributed by atoms with Crippen LogP contribution in [0, 0.1) is 0 Å². The van der Waals surface area contributed by atoms with Crippen LogP contribution in [0.3, 0.4) is 0 Å². The van der Waals surface area contributed by atoms with Crippen LogP contribution >= 0.6 is 24.2 Å². The Morgan fingerprint density at radius 1 is 1.30 bits per heavy atom. The molecule has 0 fully saturated rings. The van der Waals surface area contributed by atoms with E-state index in [1.807, 2.05) is 36.6 Å². The van der Waals surface area contributed by atoms with E-state index in [1.165, 1.54) is 11.8 Å². The highest BCUT2D eigenvalue weighted by atomic mass is 35.5. The van der Waals surface area contributed by atoms with Gasteiger partial charge in [-0.3, -0.25) is 4.79 Å². The summed E-state index contributed by atoms with van der Waals surface area (Å²) in [5, 5.41) is 0. The summed E-state index contributed by atoms with van der Waals surface area (Å²) in [4.78, 5) is 23.3. The predicted molar refractivity (Wildman–Crippen MR) is 82.6 cm³/mol. The molecule has 112 valence electrons. The minimum Gasteiger partial charge on any atom is -0.459 e. The van der Waals surface area contributed by atoms with Crippen LogP contribution in [0.15, 0.2) is 30.3 Å². The summed E-state index contributed by atoms with van der Waals surface area (Å²) in [5.41, 5.74) is 10.1. The van der Waals surface area contributed by atoms with Crippen molar-refractivity contribution in [3.8, 4) is 0 Å². The molecule has 0 bridgehead atoms. The van der Waals surface area contributed by atoms with E-state index in [9.17, 15) is 9.59 Å². The number of hydrogen-bond acceptors (Lipinski definition) is 5. The van der Waals surface area contributed by atoms with Crippen molar-refractivity contribution in [2.24, 2.45) is 11.5 Å². The van der Waals surface area contributed by atoms with E-state index < -0.39 is 17.4 Å². The van der Waals surface area contributed by atoms with Crippen molar-refractivity contribution in [3.63, 3.8) is 0 Å². The van der Waals surface area contributed by atoms with Crippen LogP contribution in [-0.2, 0) is 20.9 Å². The van der Waals surface area contributed by atoms with Crippen LogP contribution < -0.4 is 11.5 Å². The molecule has 0 aliphatic heterocycles. The summed E-state index contributed by atoms with van der Waals surface area (Å²) in [6.45, 7) is 0.0746. The first-order valence-corrected chi connectivity index (χ1v) is 7.19. The lowest BCUT2D eigenvalue weighted by Crippen LogP contribution is -2.59. The van der Waals surface area contributed by atoms with Gasteiger partial charge in [0.25, 0.3) is 0 Å². The number of halogens is 1. The average molecular weight is 319 g/mol. The van der Waals surface area contributed by atoms with E-state index in [-0.39, 0.29) is 25.4 Å². The monoisotopic (exact) mass is 318 g/mol. The smallest absolute Gasteiger partial charge is 0.336 e. The summed E-state index contributed by atoms with van der Waals surface area (Å²) in [7, 11) is 0. The van der Waals surface area contributed by atoms with Crippen molar-refractivity contribution in [1.82, 2.24) is 0 Å². The Labute approximate surface area is 128 Å². The fourth-order valence-electron chi connectivity index (χ4n) is 1.44. The number of esters is 1. The minimum absolute atomic E-state index is 0. The number of hydrogen-bond donors (Lipinski definition) is 2. The third-order valence-electron chi connectivity index (χ3n) is 2.72. The lowest BCUT2D eigenvalue weighted by molar-refractivity contribution is -0.155. The number of ether oxygens (including phenoxy) is 1. The third kappa shape index (κ3) is 5.03. The number of carbonyl (C=O) groups excluding carboxylic acids is 2. The summed E-state index contributed by atoms with van der Waals surface area (Å²) < 4.78 is 5.08. The lowest BCUT2D eigenvalue weighted by atomic mass is 9.97. The molecule has 1 rings (SSSR count). The number of thioether (sulfide) groups is 1. The molecule has 1 aromatic rings. The van der Waals surface area contributed by atoms with E-state index in [2.05, 4.69) is 0 Å². The highest BCUT2D eigenvalue weighted by Crippen LogP contribution is 2.14. The molecule has 5 nitrogen and oxygen atoms in total. The number of benzene rings is 1. The molecule has 0 aromatic heterocycles. The maximum absolute atomic E-state index is 11.9. The lowest BCUT2D eigenvalue weighted by Gasteiger charge is -2.23. The van der Waals surface area contributed by atoms with Crippen molar-refractivity contribution in [1.29, 1.82) is 0 Å². The fourth-order valence-corrected chi connectivity index (χ4v) is 1.97. The molecule has 0 radical (unpaired) electrons. The normalized spacial score (nSPS) is 12.9. The standard InChI is InChI=1S/C13H18N2O3S.ClH/c1-19-8-7-13(15,11(14)16)12(17)18-9-10-5-3-2-4-6-10;/h2-6H,7-9,15H2,1H3,(H2,14,16);1H/t13-;/m1./s1. The van der Waals surface area contributed by atoms with Gasteiger partial charge in [-0.1, -0.05) is 30.3 Å². The van der Waals surface area contributed by atoms with Crippen molar-refractivity contribution in [2.75, 3.05) is 12.0 Å². The zero-order valence-electron chi connectivity index (χ0n) is 11.2. The summed E-state index contributed by atoms with van der Waals surface area (Å²) in [6.07, 6.45) is 2.02. The molecule has 1 atom stereocenters. The number of nitrogens with two attached hydrogens (primary N) is 2. The topological polar surface area (TPSA) is 95.4 Å². The van der Waals surface area contributed by atoms with Crippen LogP contribution in [0.1, 0.15) is 12.0 Å². The van der Waals surface area contributed by atoms with Crippen LogP contribution in [0.2, 0.25) is 0 Å². The van der Waals surface area contributed by atoms with Crippen LogP contribution in [0.4, 0.5) is 0 Å². The van der Waals surface area contributed by atoms with E-state index in [0.29, 0.717) is 5.75 Å². The van der Waals surface area contributed by atoms with Gasteiger partial charge in [-0.15, -0.1) is 12.4 Å².